The molecule has 0 spiro atoms. The van der Waals surface area contributed by atoms with E-state index in [0.717, 1.165) is 64.1 Å². The van der Waals surface area contributed by atoms with Gasteiger partial charge in [-0.1, -0.05) is 41.3 Å². The standard InChI is InChI=1S/C26H34Cl2N10O2/c1-3-18-14-37(25-22(28)31-21(24(30)32-25)26-34-33-15(2)40-26)10-11-38(18)19-6-8-36(9-7-19)13-16-4-5-17(27)12-20(16)23(29)35-39/h4-5,12,18-19,39H,3,6-11,13-14H2,1-2H3,(H2,29,35)(H2,30,32)/t18-/m0/s1. The molecule has 2 aromatic heterocycles. The molecule has 5 rings (SSSR count). The van der Waals surface area contributed by atoms with Gasteiger partial charge in [-0.3, -0.25) is 9.80 Å². The molecule has 214 valence electrons. The van der Waals surface area contributed by atoms with E-state index < -0.39 is 0 Å². The molecule has 3 aromatic rings. The predicted molar refractivity (Wildman–Crippen MR) is 155 cm³/mol. The molecule has 2 saturated heterocycles. The second-order valence-electron chi connectivity index (χ2n) is 10.2. The zero-order chi connectivity index (χ0) is 28.4. The van der Waals surface area contributed by atoms with Gasteiger partial charge in [-0.05, 0) is 50.0 Å². The van der Waals surface area contributed by atoms with Crippen molar-refractivity contribution in [3.8, 4) is 11.6 Å². The molecule has 0 saturated carbocycles. The number of halogens is 2. The molecule has 0 bridgehead atoms. The van der Waals surface area contributed by atoms with E-state index in [2.05, 4.69) is 46.9 Å². The van der Waals surface area contributed by atoms with Crippen LogP contribution in [0, 0.1) is 6.92 Å². The highest BCUT2D eigenvalue weighted by Gasteiger charge is 2.34. The number of anilines is 2. The average Bonchev–Trinajstić information content (AvgIpc) is 3.40. The number of aromatic nitrogens is 4. The third-order valence-electron chi connectivity index (χ3n) is 7.77. The van der Waals surface area contributed by atoms with E-state index in [1.807, 2.05) is 12.1 Å². The Morgan fingerprint density at radius 3 is 2.60 bits per heavy atom. The van der Waals surface area contributed by atoms with Crippen molar-refractivity contribution in [1.29, 1.82) is 0 Å². The van der Waals surface area contributed by atoms with Gasteiger partial charge in [0.2, 0.25) is 5.89 Å². The van der Waals surface area contributed by atoms with Gasteiger partial charge in [0.15, 0.2) is 28.3 Å². The molecule has 1 aromatic carbocycles. The number of rotatable bonds is 7. The summed E-state index contributed by atoms with van der Waals surface area (Å²) in [4.78, 5) is 16.2. The van der Waals surface area contributed by atoms with Crippen LogP contribution in [0.5, 0.6) is 0 Å². The Morgan fingerprint density at radius 1 is 1.15 bits per heavy atom. The van der Waals surface area contributed by atoms with Crippen LogP contribution in [0.1, 0.15) is 43.2 Å². The van der Waals surface area contributed by atoms with Crippen molar-refractivity contribution in [2.75, 3.05) is 43.4 Å². The largest absolute Gasteiger partial charge is 0.420 e. The van der Waals surface area contributed by atoms with Crippen LogP contribution in [-0.2, 0) is 6.54 Å². The highest BCUT2D eigenvalue weighted by Crippen LogP contribution is 2.32. The fourth-order valence-corrected chi connectivity index (χ4v) is 6.12. The molecule has 2 aliphatic rings. The number of hydrogen-bond donors (Lipinski definition) is 3. The van der Waals surface area contributed by atoms with E-state index in [-0.39, 0.29) is 22.7 Å². The Hall–Kier alpha value is -3.19. The van der Waals surface area contributed by atoms with Gasteiger partial charge in [-0.15, -0.1) is 10.2 Å². The average molecular weight is 590 g/mol. The van der Waals surface area contributed by atoms with Gasteiger partial charge in [-0.25, -0.2) is 9.97 Å². The SMILES string of the molecule is CC[C@H]1CN(c2nc(N)c(-c3nnc(C)o3)nc2Cl)CCN1C1CCN(Cc2ccc(Cl)cc2/C(N)=N\O)CC1. The Labute approximate surface area is 242 Å². The fourth-order valence-electron chi connectivity index (χ4n) is 5.70. The first-order valence-corrected chi connectivity index (χ1v) is 14.2. The van der Waals surface area contributed by atoms with Gasteiger partial charge in [0.1, 0.15) is 0 Å². The number of nitrogen functional groups attached to an aromatic ring is 1. The van der Waals surface area contributed by atoms with E-state index in [4.69, 9.17) is 39.1 Å². The molecule has 1 atom stereocenters. The lowest BCUT2D eigenvalue weighted by molar-refractivity contribution is 0.0610. The lowest BCUT2D eigenvalue weighted by Gasteiger charge is -2.47. The molecule has 4 heterocycles. The maximum absolute atomic E-state index is 9.18. The normalized spacial score (nSPS) is 19.9. The van der Waals surface area contributed by atoms with Gasteiger partial charge in [0.25, 0.3) is 5.89 Å². The van der Waals surface area contributed by atoms with E-state index >= 15 is 0 Å². The van der Waals surface area contributed by atoms with Gasteiger partial charge in [0.05, 0.1) is 0 Å². The van der Waals surface area contributed by atoms with Crippen LogP contribution in [0.15, 0.2) is 27.8 Å². The van der Waals surface area contributed by atoms with E-state index in [9.17, 15) is 5.21 Å². The molecule has 14 heteroatoms. The van der Waals surface area contributed by atoms with Gasteiger partial charge in [-0.2, -0.15) is 0 Å². The Balaban J connectivity index is 1.22. The second kappa shape index (κ2) is 12.1. The first-order chi connectivity index (χ1) is 19.3. The van der Waals surface area contributed by atoms with E-state index in [0.29, 0.717) is 40.1 Å². The molecule has 12 nitrogen and oxygen atoms in total. The lowest BCUT2D eigenvalue weighted by Crippen LogP contribution is -2.58. The maximum Gasteiger partial charge on any atom is 0.270 e. The van der Waals surface area contributed by atoms with Crippen molar-refractivity contribution in [3.63, 3.8) is 0 Å². The summed E-state index contributed by atoms with van der Waals surface area (Å²) in [7, 11) is 0. The lowest BCUT2D eigenvalue weighted by atomic mass is 9.97. The van der Waals surface area contributed by atoms with Crippen molar-refractivity contribution < 1.29 is 9.62 Å². The molecular formula is C26H34Cl2N10O2. The number of oxime groups is 1. The summed E-state index contributed by atoms with van der Waals surface area (Å²) in [5.74, 6) is 1.48. The summed E-state index contributed by atoms with van der Waals surface area (Å²) >= 11 is 12.7. The fraction of sp³-hybridized carbons (Fsp3) is 0.500. The molecule has 2 aliphatic heterocycles. The van der Waals surface area contributed by atoms with E-state index in [1.54, 1.807) is 13.0 Å². The smallest absolute Gasteiger partial charge is 0.270 e. The van der Waals surface area contributed by atoms with Crippen molar-refractivity contribution in [1.82, 2.24) is 30.0 Å². The molecule has 0 aliphatic carbocycles. The first-order valence-electron chi connectivity index (χ1n) is 13.4. The molecule has 0 amide bonds. The molecular weight excluding hydrogens is 555 g/mol. The first kappa shape index (κ1) is 28.3. The monoisotopic (exact) mass is 588 g/mol. The van der Waals surface area contributed by atoms with Crippen LogP contribution >= 0.6 is 23.2 Å². The summed E-state index contributed by atoms with van der Waals surface area (Å²) in [5, 5.41) is 21.0. The Morgan fingerprint density at radius 2 is 1.93 bits per heavy atom. The van der Waals surface area contributed by atoms with Gasteiger partial charge < -0.3 is 26.0 Å². The summed E-state index contributed by atoms with van der Waals surface area (Å²) < 4.78 is 5.46. The highest BCUT2D eigenvalue weighted by molar-refractivity contribution is 6.32. The summed E-state index contributed by atoms with van der Waals surface area (Å²) in [6.07, 6.45) is 3.13. The van der Waals surface area contributed by atoms with Crippen LogP contribution < -0.4 is 16.4 Å². The summed E-state index contributed by atoms with van der Waals surface area (Å²) in [6, 6.07) is 6.38. The third-order valence-corrected chi connectivity index (χ3v) is 8.26. The molecule has 5 N–H and O–H groups in total. The number of nitrogens with two attached hydrogens (primary N) is 2. The van der Waals surface area contributed by atoms with Crippen molar-refractivity contribution in [2.24, 2.45) is 10.9 Å². The minimum Gasteiger partial charge on any atom is -0.420 e. The quantitative estimate of drug-likeness (QED) is 0.161. The summed E-state index contributed by atoms with van der Waals surface area (Å²) in [5.41, 5.74) is 14.1. The van der Waals surface area contributed by atoms with Crippen molar-refractivity contribution >= 4 is 40.7 Å². The zero-order valence-electron chi connectivity index (χ0n) is 22.6. The Bertz CT molecular complexity index is 1380. The number of benzene rings is 1. The number of amidine groups is 1. The van der Waals surface area contributed by atoms with Crippen molar-refractivity contribution in [3.05, 3.63) is 45.4 Å². The Kier molecular flexibility index (Phi) is 8.60. The number of piperazine rings is 1. The highest BCUT2D eigenvalue weighted by atomic mass is 35.5. The van der Waals surface area contributed by atoms with Crippen LogP contribution in [0.25, 0.3) is 11.6 Å². The van der Waals surface area contributed by atoms with Gasteiger partial charge in [0, 0.05) is 55.8 Å². The number of piperidine rings is 1. The maximum atomic E-state index is 9.18. The zero-order valence-corrected chi connectivity index (χ0v) is 24.1. The number of hydrogen-bond acceptors (Lipinski definition) is 11. The third kappa shape index (κ3) is 5.95. The number of nitrogens with zero attached hydrogens (tertiary/aromatic N) is 8. The molecule has 40 heavy (non-hydrogen) atoms. The van der Waals surface area contributed by atoms with Gasteiger partial charge >= 0.3 is 0 Å². The predicted octanol–water partition coefficient (Wildman–Crippen LogP) is 3.38. The van der Waals surface area contributed by atoms with Crippen LogP contribution in [0.3, 0.4) is 0 Å². The molecule has 0 unspecified atom stereocenters. The van der Waals surface area contributed by atoms with Crippen molar-refractivity contribution in [2.45, 2.75) is 51.7 Å². The minimum atomic E-state index is 0.0713. The number of likely N-dealkylation sites (tertiary alicyclic amines) is 1. The second-order valence-corrected chi connectivity index (χ2v) is 11.0. The summed E-state index contributed by atoms with van der Waals surface area (Å²) in [6.45, 7) is 9.02. The minimum absolute atomic E-state index is 0.0713. The molecule has 2 fully saturated rings. The number of aryl methyl sites for hydroxylation is 1. The topological polar surface area (TPSA) is 159 Å². The van der Waals surface area contributed by atoms with E-state index in [1.165, 1.54) is 0 Å². The molecule has 0 radical (unpaired) electrons. The van der Waals surface area contributed by atoms with Crippen LogP contribution in [0.4, 0.5) is 11.6 Å². The van der Waals surface area contributed by atoms with Crippen LogP contribution in [-0.4, -0.2) is 85.8 Å². The van der Waals surface area contributed by atoms with Crippen LogP contribution in [0.2, 0.25) is 10.2 Å².